The largest absolute Gasteiger partial charge is 0.481 e. The van der Waals surface area contributed by atoms with E-state index in [0.29, 0.717) is 13.0 Å². The van der Waals surface area contributed by atoms with Crippen molar-refractivity contribution in [2.75, 3.05) is 5.75 Å². The van der Waals surface area contributed by atoms with Gasteiger partial charge in [-0.25, -0.2) is 4.68 Å². The maximum Gasteiger partial charge on any atom is 0.303 e. The number of thioether (sulfide) groups is 1. The van der Waals surface area contributed by atoms with Gasteiger partial charge in [0.05, 0.1) is 4.75 Å². The number of rotatable bonds is 5. The topological polar surface area (TPSA) is 80.9 Å². The second-order valence-electron chi connectivity index (χ2n) is 4.41. The SMILES string of the molecule is CC1(c2nnnn2CCCC(=O)O)CCCS1. The number of tetrazole rings is 1. The predicted octanol–water partition coefficient (Wildman–Crippen LogP) is 1.28. The molecule has 0 spiro atoms. The zero-order chi connectivity index (χ0) is 12.3. The van der Waals surface area contributed by atoms with E-state index in [-0.39, 0.29) is 11.2 Å². The monoisotopic (exact) mass is 256 g/mol. The van der Waals surface area contributed by atoms with Gasteiger partial charge in [-0.3, -0.25) is 4.79 Å². The smallest absolute Gasteiger partial charge is 0.303 e. The van der Waals surface area contributed by atoms with Crippen molar-refractivity contribution in [3.63, 3.8) is 0 Å². The van der Waals surface area contributed by atoms with Crippen LogP contribution in [-0.2, 0) is 16.1 Å². The lowest BCUT2D eigenvalue weighted by Gasteiger charge is -2.20. The molecule has 1 saturated heterocycles. The molecule has 0 aliphatic carbocycles. The molecule has 94 valence electrons. The van der Waals surface area contributed by atoms with Gasteiger partial charge in [0.2, 0.25) is 0 Å². The molecule has 0 aromatic carbocycles. The third-order valence-corrected chi connectivity index (χ3v) is 4.50. The van der Waals surface area contributed by atoms with Crippen molar-refractivity contribution in [2.24, 2.45) is 0 Å². The average Bonchev–Trinajstić information content (AvgIpc) is 2.87. The first-order chi connectivity index (χ1) is 8.12. The highest BCUT2D eigenvalue weighted by molar-refractivity contribution is 8.00. The van der Waals surface area contributed by atoms with E-state index in [1.165, 1.54) is 6.42 Å². The Morgan fingerprint density at radius 2 is 2.47 bits per heavy atom. The van der Waals surface area contributed by atoms with Crippen LogP contribution in [0.4, 0.5) is 0 Å². The Balaban J connectivity index is 2.03. The molecule has 1 N–H and O–H groups in total. The normalized spacial score (nSPS) is 24.1. The third kappa shape index (κ3) is 2.77. The number of aryl methyl sites for hydroxylation is 1. The molecule has 17 heavy (non-hydrogen) atoms. The fourth-order valence-corrected chi connectivity index (χ4v) is 3.37. The summed E-state index contributed by atoms with van der Waals surface area (Å²) >= 11 is 1.88. The molecule has 2 heterocycles. The van der Waals surface area contributed by atoms with Gasteiger partial charge < -0.3 is 5.11 Å². The Hall–Kier alpha value is -1.11. The molecule has 0 saturated carbocycles. The fourth-order valence-electron chi connectivity index (χ4n) is 2.07. The highest BCUT2D eigenvalue weighted by Gasteiger charge is 2.36. The summed E-state index contributed by atoms with van der Waals surface area (Å²) in [6.45, 7) is 2.73. The second kappa shape index (κ2) is 5.03. The van der Waals surface area contributed by atoms with Crippen LogP contribution in [0.15, 0.2) is 0 Å². The summed E-state index contributed by atoms with van der Waals surface area (Å²) in [6.07, 6.45) is 2.98. The van der Waals surface area contributed by atoms with Crippen LogP contribution in [0.3, 0.4) is 0 Å². The van der Waals surface area contributed by atoms with E-state index in [1.54, 1.807) is 4.68 Å². The number of aromatic nitrogens is 4. The molecule has 0 bridgehead atoms. The number of nitrogens with zero attached hydrogens (tertiary/aromatic N) is 4. The average molecular weight is 256 g/mol. The molecule has 2 rings (SSSR count). The highest BCUT2D eigenvalue weighted by atomic mass is 32.2. The fraction of sp³-hybridized carbons (Fsp3) is 0.800. The van der Waals surface area contributed by atoms with Crippen LogP contribution in [0.5, 0.6) is 0 Å². The summed E-state index contributed by atoms with van der Waals surface area (Å²) in [7, 11) is 0. The minimum absolute atomic E-state index is 0.00722. The molecule has 0 radical (unpaired) electrons. The standard InChI is InChI=1S/C10H16N4O2S/c1-10(5-3-7-17-10)9-11-12-13-14(9)6-2-4-8(15)16/h2-7H2,1H3,(H,15,16). The summed E-state index contributed by atoms with van der Waals surface area (Å²) in [5.74, 6) is 1.24. The first kappa shape index (κ1) is 12.3. The maximum absolute atomic E-state index is 10.5. The van der Waals surface area contributed by atoms with Crippen molar-refractivity contribution in [1.29, 1.82) is 0 Å². The number of carboxylic acid groups (broad SMARTS) is 1. The van der Waals surface area contributed by atoms with Crippen LogP contribution in [-0.4, -0.2) is 37.0 Å². The molecule has 1 atom stereocenters. The van der Waals surface area contributed by atoms with Crippen molar-refractivity contribution in [1.82, 2.24) is 20.2 Å². The van der Waals surface area contributed by atoms with Crippen LogP contribution in [0, 0.1) is 0 Å². The quantitative estimate of drug-likeness (QED) is 0.854. The van der Waals surface area contributed by atoms with Gasteiger partial charge in [-0.1, -0.05) is 0 Å². The van der Waals surface area contributed by atoms with Crippen molar-refractivity contribution in [2.45, 2.75) is 43.9 Å². The molecule has 1 aliphatic heterocycles. The molecule has 0 amide bonds. The molecule has 1 fully saturated rings. The number of hydrogen-bond donors (Lipinski definition) is 1. The van der Waals surface area contributed by atoms with Gasteiger partial charge in [-0.2, -0.15) is 0 Å². The molecule has 1 aromatic heterocycles. The zero-order valence-corrected chi connectivity index (χ0v) is 10.6. The van der Waals surface area contributed by atoms with Crippen LogP contribution in [0.2, 0.25) is 0 Å². The van der Waals surface area contributed by atoms with Gasteiger partial charge in [-0.15, -0.1) is 16.9 Å². The summed E-state index contributed by atoms with van der Waals surface area (Å²) in [5.41, 5.74) is 0. The Morgan fingerprint density at radius 1 is 1.65 bits per heavy atom. The Kier molecular flexibility index (Phi) is 3.66. The van der Waals surface area contributed by atoms with Gasteiger partial charge in [-0.05, 0) is 42.4 Å². The van der Waals surface area contributed by atoms with Crippen molar-refractivity contribution >= 4 is 17.7 Å². The Morgan fingerprint density at radius 3 is 3.12 bits per heavy atom. The van der Waals surface area contributed by atoms with Crippen LogP contribution < -0.4 is 0 Å². The van der Waals surface area contributed by atoms with E-state index < -0.39 is 5.97 Å². The van der Waals surface area contributed by atoms with E-state index in [0.717, 1.165) is 18.0 Å². The Labute approximate surface area is 104 Å². The Bertz CT molecular complexity index is 401. The van der Waals surface area contributed by atoms with Gasteiger partial charge >= 0.3 is 5.97 Å². The number of carbonyl (C=O) groups is 1. The third-order valence-electron chi connectivity index (χ3n) is 2.98. The lowest BCUT2D eigenvalue weighted by molar-refractivity contribution is -0.137. The number of carboxylic acids is 1. The van der Waals surface area contributed by atoms with Gasteiger partial charge in [0.1, 0.15) is 0 Å². The number of aliphatic carboxylic acids is 1. The first-order valence-corrected chi connectivity index (χ1v) is 6.73. The predicted molar refractivity (Wildman–Crippen MR) is 63.7 cm³/mol. The molecule has 6 nitrogen and oxygen atoms in total. The minimum Gasteiger partial charge on any atom is -0.481 e. The molecule has 7 heteroatoms. The van der Waals surface area contributed by atoms with Crippen LogP contribution in [0.1, 0.15) is 38.4 Å². The lowest BCUT2D eigenvalue weighted by atomic mass is 10.1. The second-order valence-corrected chi connectivity index (χ2v) is 6.00. The summed E-state index contributed by atoms with van der Waals surface area (Å²) in [6, 6.07) is 0. The van der Waals surface area contributed by atoms with Gasteiger partial charge in [0.25, 0.3) is 0 Å². The number of hydrogen-bond acceptors (Lipinski definition) is 5. The lowest BCUT2D eigenvalue weighted by Crippen LogP contribution is -2.21. The summed E-state index contributed by atoms with van der Waals surface area (Å²) < 4.78 is 1.74. The van der Waals surface area contributed by atoms with E-state index in [9.17, 15) is 4.79 Å². The van der Waals surface area contributed by atoms with E-state index in [4.69, 9.17) is 5.11 Å². The highest BCUT2D eigenvalue weighted by Crippen LogP contribution is 2.44. The minimum atomic E-state index is -0.777. The van der Waals surface area contributed by atoms with Crippen LogP contribution >= 0.6 is 11.8 Å². The molecular weight excluding hydrogens is 240 g/mol. The summed E-state index contributed by atoms with van der Waals surface area (Å²) in [5, 5.41) is 20.4. The van der Waals surface area contributed by atoms with E-state index >= 15 is 0 Å². The zero-order valence-electron chi connectivity index (χ0n) is 9.80. The van der Waals surface area contributed by atoms with Crippen molar-refractivity contribution in [3.05, 3.63) is 5.82 Å². The maximum atomic E-state index is 10.5. The molecular formula is C10H16N4O2S. The van der Waals surface area contributed by atoms with Crippen LogP contribution in [0.25, 0.3) is 0 Å². The van der Waals surface area contributed by atoms with Gasteiger partial charge in [0.15, 0.2) is 5.82 Å². The van der Waals surface area contributed by atoms with Crippen molar-refractivity contribution < 1.29 is 9.90 Å². The molecule has 1 unspecified atom stereocenters. The first-order valence-electron chi connectivity index (χ1n) is 5.74. The van der Waals surface area contributed by atoms with E-state index in [1.807, 2.05) is 11.8 Å². The summed E-state index contributed by atoms with van der Waals surface area (Å²) in [4.78, 5) is 10.5. The van der Waals surface area contributed by atoms with E-state index in [2.05, 4.69) is 22.4 Å². The van der Waals surface area contributed by atoms with Gasteiger partial charge in [0, 0.05) is 13.0 Å². The molecule has 1 aromatic rings. The molecule has 1 aliphatic rings. The van der Waals surface area contributed by atoms with Crippen molar-refractivity contribution in [3.8, 4) is 0 Å².